The molecule has 200 valence electrons. The number of ether oxygens (including phenoxy) is 1. The number of thiophene rings is 1. The molecule has 0 N–H and O–H groups in total. The summed E-state index contributed by atoms with van der Waals surface area (Å²) < 4.78 is 5.73. The fourth-order valence-electron chi connectivity index (χ4n) is 5.52. The molecule has 3 aromatic rings. The molecule has 2 aromatic carbocycles. The van der Waals surface area contributed by atoms with Crippen molar-refractivity contribution in [2.24, 2.45) is 0 Å². The SMILES string of the molecule is CCCCOc1ccc(C(=O)N2CCN(C(=O)CN3CCc4sccc4[C@@H]3c3ccccc3)C[C@@H]2C)cc1. The van der Waals surface area contributed by atoms with E-state index >= 15 is 0 Å². The van der Waals surface area contributed by atoms with Crippen LogP contribution in [0.15, 0.2) is 66.0 Å². The minimum atomic E-state index is -0.0459. The fraction of sp³-hybridized carbons (Fsp3) is 0.419. The number of fused-ring (bicyclic) bond motifs is 1. The first-order chi connectivity index (χ1) is 18.5. The van der Waals surface area contributed by atoms with Crippen molar-refractivity contribution in [2.75, 3.05) is 39.3 Å². The molecule has 6 nitrogen and oxygen atoms in total. The Kier molecular flexibility index (Phi) is 8.45. The summed E-state index contributed by atoms with van der Waals surface area (Å²) in [4.78, 5) is 34.3. The minimum Gasteiger partial charge on any atom is -0.494 e. The lowest BCUT2D eigenvalue weighted by Gasteiger charge is -2.42. The molecular weight excluding hydrogens is 494 g/mol. The van der Waals surface area contributed by atoms with Gasteiger partial charge in [-0.2, -0.15) is 0 Å². The van der Waals surface area contributed by atoms with Gasteiger partial charge in [-0.1, -0.05) is 43.7 Å². The Labute approximate surface area is 229 Å². The maximum Gasteiger partial charge on any atom is 0.254 e. The fourth-order valence-corrected chi connectivity index (χ4v) is 6.42. The molecule has 2 amide bonds. The van der Waals surface area contributed by atoms with Crippen LogP contribution in [0.25, 0.3) is 0 Å². The molecule has 1 aromatic heterocycles. The normalized spacial score (nSPS) is 19.7. The highest BCUT2D eigenvalue weighted by Gasteiger charge is 2.34. The van der Waals surface area contributed by atoms with Crippen LogP contribution in [-0.4, -0.2) is 71.9 Å². The third-order valence-electron chi connectivity index (χ3n) is 7.63. The lowest BCUT2D eigenvalue weighted by molar-refractivity contribution is -0.135. The molecular formula is C31H37N3O3S. The largest absolute Gasteiger partial charge is 0.494 e. The van der Waals surface area contributed by atoms with Gasteiger partial charge in [0.2, 0.25) is 5.91 Å². The monoisotopic (exact) mass is 531 g/mol. The van der Waals surface area contributed by atoms with Crippen molar-refractivity contribution in [1.82, 2.24) is 14.7 Å². The van der Waals surface area contributed by atoms with E-state index < -0.39 is 0 Å². The number of hydrogen-bond donors (Lipinski definition) is 0. The van der Waals surface area contributed by atoms with Gasteiger partial charge in [0.1, 0.15) is 5.75 Å². The topological polar surface area (TPSA) is 53.1 Å². The molecule has 0 aliphatic carbocycles. The molecule has 0 saturated carbocycles. The summed E-state index contributed by atoms with van der Waals surface area (Å²) in [6, 6.07) is 20.2. The van der Waals surface area contributed by atoms with Gasteiger partial charge in [-0.25, -0.2) is 0 Å². The van der Waals surface area contributed by atoms with E-state index in [1.54, 1.807) is 0 Å². The maximum absolute atomic E-state index is 13.5. The van der Waals surface area contributed by atoms with Crippen LogP contribution in [0.5, 0.6) is 5.75 Å². The molecule has 1 fully saturated rings. The molecule has 3 heterocycles. The van der Waals surface area contributed by atoms with Crippen LogP contribution in [0.4, 0.5) is 0 Å². The summed E-state index contributed by atoms with van der Waals surface area (Å²) in [5.41, 5.74) is 3.21. The van der Waals surface area contributed by atoms with Gasteiger partial charge >= 0.3 is 0 Å². The summed E-state index contributed by atoms with van der Waals surface area (Å²) in [6.45, 7) is 7.75. The molecule has 0 bridgehead atoms. The van der Waals surface area contributed by atoms with Gasteiger partial charge in [0, 0.05) is 42.7 Å². The highest BCUT2D eigenvalue weighted by Crippen LogP contribution is 2.37. The van der Waals surface area contributed by atoms with Crippen LogP contribution in [0, 0.1) is 0 Å². The van der Waals surface area contributed by atoms with Gasteiger partial charge in [0.05, 0.1) is 19.2 Å². The summed E-state index contributed by atoms with van der Waals surface area (Å²) in [5, 5.41) is 2.16. The lowest BCUT2D eigenvalue weighted by atomic mass is 9.93. The maximum atomic E-state index is 13.5. The van der Waals surface area contributed by atoms with Crippen LogP contribution in [-0.2, 0) is 11.2 Å². The zero-order valence-electron chi connectivity index (χ0n) is 22.3. The summed E-state index contributed by atoms with van der Waals surface area (Å²) >= 11 is 1.81. The number of benzene rings is 2. The molecule has 0 spiro atoms. The van der Waals surface area contributed by atoms with E-state index in [9.17, 15) is 9.59 Å². The first-order valence-corrected chi connectivity index (χ1v) is 14.6. The Balaban J connectivity index is 1.20. The van der Waals surface area contributed by atoms with Crippen LogP contribution in [0.2, 0.25) is 0 Å². The third kappa shape index (κ3) is 5.79. The Morgan fingerprint density at radius 1 is 1.00 bits per heavy atom. The van der Waals surface area contributed by atoms with E-state index in [0.29, 0.717) is 38.3 Å². The van der Waals surface area contributed by atoms with Crippen LogP contribution in [0.1, 0.15) is 59.1 Å². The summed E-state index contributed by atoms with van der Waals surface area (Å²) in [7, 11) is 0. The zero-order valence-corrected chi connectivity index (χ0v) is 23.2. The predicted octanol–water partition coefficient (Wildman–Crippen LogP) is 5.25. The molecule has 2 aliphatic heterocycles. The van der Waals surface area contributed by atoms with Crippen molar-refractivity contribution in [3.8, 4) is 5.75 Å². The van der Waals surface area contributed by atoms with Crippen LogP contribution < -0.4 is 4.74 Å². The number of carbonyl (C=O) groups is 2. The van der Waals surface area contributed by atoms with Crippen LogP contribution >= 0.6 is 11.3 Å². The smallest absolute Gasteiger partial charge is 0.254 e. The van der Waals surface area contributed by atoms with Gasteiger partial charge in [-0.15, -0.1) is 11.3 Å². The average molecular weight is 532 g/mol. The van der Waals surface area contributed by atoms with E-state index in [2.05, 4.69) is 47.5 Å². The molecule has 38 heavy (non-hydrogen) atoms. The zero-order chi connectivity index (χ0) is 26.5. The Morgan fingerprint density at radius 2 is 1.79 bits per heavy atom. The van der Waals surface area contributed by atoms with Crippen molar-refractivity contribution in [1.29, 1.82) is 0 Å². The van der Waals surface area contributed by atoms with Gasteiger partial charge in [-0.3, -0.25) is 14.5 Å². The summed E-state index contributed by atoms with van der Waals surface area (Å²) in [5.74, 6) is 0.937. The number of rotatable bonds is 8. The van der Waals surface area contributed by atoms with Crippen molar-refractivity contribution < 1.29 is 14.3 Å². The second-order valence-electron chi connectivity index (χ2n) is 10.2. The molecule has 2 aliphatic rings. The van der Waals surface area contributed by atoms with Crippen molar-refractivity contribution in [3.63, 3.8) is 0 Å². The number of hydrogen-bond acceptors (Lipinski definition) is 5. The van der Waals surface area contributed by atoms with E-state index in [1.165, 1.54) is 16.0 Å². The molecule has 0 radical (unpaired) electrons. The Bertz CT molecular complexity index is 1230. The van der Waals surface area contributed by atoms with Crippen molar-refractivity contribution in [3.05, 3.63) is 87.6 Å². The van der Waals surface area contributed by atoms with E-state index in [4.69, 9.17) is 4.74 Å². The second kappa shape index (κ2) is 12.1. The minimum absolute atomic E-state index is 0.00914. The Hall–Kier alpha value is -3.16. The molecule has 7 heteroatoms. The lowest BCUT2D eigenvalue weighted by Crippen LogP contribution is -2.57. The molecule has 5 rings (SSSR count). The van der Waals surface area contributed by atoms with Crippen molar-refractivity contribution in [2.45, 2.75) is 45.2 Å². The molecule has 1 saturated heterocycles. The van der Waals surface area contributed by atoms with Crippen molar-refractivity contribution >= 4 is 23.2 Å². The highest BCUT2D eigenvalue weighted by atomic mass is 32.1. The highest BCUT2D eigenvalue weighted by molar-refractivity contribution is 7.10. The number of nitrogens with zero attached hydrogens (tertiary/aromatic N) is 3. The Morgan fingerprint density at radius 3 is 2.53 bits per heavy atom. The quantitative estimate of drug-likeness (QED) is 0.373. The van der Waals surface area contributed by atoms with Gasteiger partial charge in [0.25, 0.3) is 5.91 Å². The number of piperazine rings is 1. The summed E-state index contributed by atoms with van der Waals surface area (Å²) in [6.07, 6.45) is 3.08. The third-order valence-corrected chi connectivity index (χ3v) is 8.62. The van der Waals surface area contributed by atoms with Gasteiger partial charge < -0.3 is 14.5 Å². The standard InChI is InChI=1S/C31H37N3O3S/c1-3-4-19-37-26-12-10-25(11-13-26)31(36)34-18-17-32(21-23(34)2)29(35)22-33-16-14-28-27(15-20-38-28)30(33)24-8-6-5-7-9-24/h5-13,15,20,23,30H,3-4,14,16-19,21-22H2,1-2H3/t23-,30-/m0/s1. The molecule has 2 atom stereocenters. The van der Waals surface area contributed by atoms with E-state index in [0.717, 1.165) is 31.6 Å². The molecule has 0 unspecified atom stereocenters. The second-order valence-corrected chi connectivity index (χ2v) is 11.2. The number of unbranched alkanes of at least 4 members (excludes halogenated alkanes) is 1. The van der Waals surface area contributed by atoms with E-state index in [1.807, 2.05) is 58.4 Å². The first kappa shape index (κ1) is 26.4. The van der Waals surface area contributed by atoms with Crippen LogP contribution in [0.3, 0.4) is 0 Å². The number of carbonyl (C=O) groups excluding carboxylic acids is 2. The van der Waals surface area contributed by atoms with Gasteiger partial charge in [0.15, 0.2) is 0 Å². The van der Waals surface area contributed by atoms with E-state index in [-0.39, 0.29) is 23.9 Å². The average Bonchev–Trinajstić information content (AvgIpc) is 3.42. The van der Waals surface area contributed by atoms with Gasteiger partial charge in [-0.05, 0) is 66.6 Å². The first-order valence-electron chi connectivity index (χ1n) is 13.7. The predicted molar refractivity (Wildman–Crippen MR) is 152 cm³/mol. The number of amides is 2.